The van der Waals surface area contributed by atoms with Crippen molar-refractivity contribution < 1.29 is 4.79 Å². The van der Waals surface area contributed by atoms with Crippen LogP contribution >= 0.6 is 11.6 Å². The number of halogens is 1. The lowest BCUT2D eigenvalue weighted by Gasteiger charge is -2.07. The van der Waals surface area contributed by atoms with Gasteiger partial charge in [0.15, 0.2) is 0 Å². The minimum absolute atomic E-state index is 0.0963. The summed E-state index contributed by atoms with van der Waals surface area (Å²) in [4.78, 5) is 18.6. The third-order valence-electron chi connectivity index (χ3n) is 1.85. The van der Waals surface area contributed by atoms with E-state index in [1.54, 1.807) is 0 Å². The highest BCUT2D eigenvalue weighted by Crippen LogP contribution is 2.13. The fourth-order valence-corrected chi connectivity index (χ4v) is 1.19. The van der Waals surface area contributed by atoms with Crippen molar-refractivity contribution in [1.82, 2.24) is 9.97 Å². The van der Waals surface area contributed by atoms with Gasteiger partial charge in [0.2, 0.25) is 5.28 Å². The van der Waals surface area contributed by atoms with E-state index in [1.165, 1.54) is 6.20 Å². The molecule has 0 spiro atoms. The molecule has 0 atom stereocenters. The lowest BCUT2D eigenvalue weighted by Crippen LogP contribution is -2.16. The monoisotopic (exact) mass is 228 g/mol. The van der Waals surface area contributed by atoms with Crippen molar-refractivity contribution in [2.45, 2.75) is 19.8 Å². The van der Waals surface area contributed by atoms with Crippen LogP contribution in [0.15, 0.2) is 6.20 Å². The molecule has 0 fully saturated rings. The molecule has 0 aliphatic carbocycles. The Bertz CT molecular complexity index is 356. The molecule has 0 aromatic carbocycles. The summed E-state index contributed by atoms with van der Waals surface area (Å²) in [7, 11) is 0. The second-order valence-corrected chi connectivity index (χ2v) is 3.38. The van der Waals surface area contributed by atoms with Crippen LogP contribution in [-0.4, -0.2) is 22.4 Å². The van der Waals surface area contributed by atoms with E-state index in [9.17, 15) is 4.79 Å². The van der Waals surface area contributed by atoms with Gasteiger partial charge in [-0.1, -0.05) is 13.3 Å². The van der Waals surface area contributed by atoms with E-state index in [-0.39, 0.29) is 10.8 Å². The van der Waals surface area contributed by atoms with Crippen molar-refractivity contribution in [3.63, 3.8) is 0 Å². The Morgan fingerprint density at radius 2 is 2.40 bits per heavy atom. The van der Waals surface area contributed by atoms with Crippen molar-refractivity contribution >= 4 is 23.3 Å². The maximum Gasteiger partial charge on any atom is 0.254 e. The number of carbonyl (C=O) groups is 1. The molecule has 0 aliphatic heterocycles. The minimum atomic E-state index is -0.564. The average molecular weight is 229 g/mol. The van der Waals surface area contributed by atoms with Crippen molar-refractivity contribution in [2.75, 3.05) is 11.9 Å². The van der Waals surface area contributed by atoms with Crippen LogP contribution in [0.1, 0.15) is 30.1 Å². The molecule has 0 radical (unpaired) electrons. The van der Waals surface area contributed by atoms with E-state index in [2.05, 4.69) is 22.2 Å². The van der Waals surface area contributed by atoms with Gasteiger partial charge < -0.3 is 11.1 Å². The zero-order valence-corrected chi connectivity index (χ0v) is 9.21. The lowest BCUT2D eigenvalue weighted by atomic mass is 10.3. The smallest absolute Gasteiger partial charge is 0.254 e. The second kappa shape index (κ2) is 5.50. The van der Waals surface area contributed by atoms with Gasteiger partial charge >= 0.3 is 0 Å². The molecule has 5 nitrogen and oxygen atoms in total. The standard InChI is InChI=1S/C9H13ClN4O/c1-2-3-4-12-8-6(7(11)15)5-13-9(10)14-8/h5H,2-4H2,1H3,(H2,11,15)(H,12,13,14). The van der Waals surface area contributed by atoms with Crippen LogP contribution in [0.5, 0.6) is 0 Å². The summed E-state index contributed by atoms with van der Waals surface area (Å²) in [6, 6.07) is 0. The first-order valence-electron chi connectivity index (χ1n) is 4.71. The van der Waals surface area contributed by atoms with E-state index < -0.39 is 5.91 Å². The summed E-state index contributed by atoms with van der Waals surface area (Å²) in [5.41, 5.74) is 5.43. The van der Waals surface area contributed by atoms with E-state index in [1.807, 2.05) is 0 Å². The first-order chi connectivity index (χ1) is 7.15. The average Bonchev–Trinajstić information content (AvgIpc) is 2.18. The summed E-state index contributed by atoms with van der Waals surface area (Å²) in [6.07, 6.45) is 3.36. The van der Waals surface area contributed by atoms with Gasteiger partial charge in [0.1, 0.15) is 5.82 Å². The van der Waals surface area contributed by atoms with Crippen molar-refractivity contribution in [3.8, 4) is 0 Å². The van der Waals surface area contributed by atoms with Gasteiger partial charge in [0.25, 0.3) is 5.91 Å². The number of nitrogens with zero attached hydrogens (tertiary/aromatic N) is 2. The molecule has 1 aromatic rings. The van der Waals surface area contributed by atoms with Gasteiger partial charge in [-0.15, -0.1) is 0 Å². The van der Waals surface area contributed by atoms with Gasteiger partial charge in [0.05, 0.1) is 5.56 Å². The number of aromatic nitrogens is 2. The van der Waals surface area contributed by atoms with Crippen LogP contribution in [-0.2, 0) is 0 Å². The zero-order valence-electron chi connectivity index (χ0n) is 8.46. The lowest BCUT2D eigenvalue weighted by molar-refractivity contribution is 0.100. The van der Waals surface area contributed by atoms with Crippen LogP contribution in [0.2, 0.25) is 5.28 Å². The minimum Gasteiger partial charge on any atom is -0.369 e. The number of unbranched alkanes of at least 4 members (excludes halogenated alkanes) is 1. The van der Waals surface area contributed by atoms with E-state index in [4.69, 9.17) is 17.3 Å². The van der Waals surface area contributed by atoms with Crippen LogP contribution in [0.3, 0.4) is 0 Å². The molecule has 15 heavy (non-hydrogen) atoms. The van der Waals surface area contributed by atoms with Crippen LogP contribution < -0.4 is 11.1 Å². The van der Waals surface area contributed by atoms with Gasteiger partial charge in [-0.05, 0) is 18.0 Å². The van der Waals surface area contributed by atoms with E-state index >= 15 is 0 Å². The molecule has 82 valence electrons. The van der Waals surface area contributed by atoms with Gasteiger partial charge in [-0.2, -0.15) is 4.98 Å². The highest BCUT2D eigenvalue weighted by Gasteiger charge is 2.10. The SMILES string of the molecule is CCCCNc1nc(Cl)ncc1C(N)=O. The zero-order chi connectivity index (χ0) is 11.3. The third kappa shape index (κ3) is 3.36. The van der Waals surface area contributed by atoms with E-state index in [0.29, 0.717) is 5.82 Å². The fourth-order valence-electron chi connectivity index (χ4n) is 1.06. The Labute approximate surface area is 93.0 Å². The van der Waals surface area contributed by atoms with Crippen LogP contribution in [0.25, 0.3) is 0 Å². The third-order valence-corrected chi connectivity index (χ3v) is 2.03. The summed E-state index contributed by atoms with van der Waals surface area (Å²) in [6.45, 7) is 2.80. The van der Waals surface area contributed by atoms with Crippen LogP contribution in [0.4, 0.5) is 5.82 Å². The maximum absolute atomic E-state index is 11.0. The molecule has 1 rings (SSSR count). The van der Waals surface area contributed by atoms with Gasteiger partial charge in [-0.25, -0.2) is 4.98 Å². The second-order valence-electron chi connectivity index (χ2n) is 3.05. The van der Waals surface area contributed by atoms with Crippen molar-refractivity contribution in [1.29, 1.82) is 0 Å². The molecule has 0 saturated carbocycles. The number of carbonyl (C=O) groups excluding carboxylic acids is 1. The first-order valence-corrected chi connectivity index (χ1v) is 5.09. The molecule has 3 N–H and O–H groups in total. The Morgan fingerprint density at radius 1 is 1.67 bits per heavy atom. The molecule has 1 amide bonds. The maximum atomic E-state index is 11.0. The molecular weight excluding hydrogens is 216 g/mol. The summed E-state index contributed by atoms with van der Waals surface area (Å²) in [5, 5.41) is 3.10. The van der Waals surface area contributed by atoms with Gasteiger partial charge in [0, 0.05) is 12.7 Å². The number of rotatable bonds is 5. The topological polar surface area (TPSA) is 80.9 Å². The number of anilines is 1. The molecule has 0 unspecified atom stereocenters. The first kappa shape index (κ1) is 11.7. The summed E-state index contributed by atoms with van der Waals surface area (Å²) in [5.74, 6) is -0.165. The molecular formula is C9H13ClN4O. The molecule has 0 aliphatic rings. The molecule has 1 aromatic heterocycles. The largest absolute Gasteiger partial charge is 0.369 e. The summed E-state index contributed by atoms with van der Waals surface area (Å²) >= 11 is 5.62. The molecule has 0 saturated heterocycles. The number of hydrogen-bond acceptors (Lipinski definition) is 4. The Hall–Kier alpha value is -1.36. The highest BCUT2D eigenvalue weighted by molar-refractivity contribution is 6.28. The predicted octanol–water partition coefficient (Wildman–Crippen LogP) is 1.44. The quantitative estimate of drug-likeness (QED) is 0.590. The fraction of sp³-hybridized carbons (Fsp3) is 0.444. The van der Waals surface area contributed by atoms with E-state index in [0.717, 1.165) is 19.4 Å². The Balaban J connectivity index is 2.82. The van der Waals surface area contributed by atoms with Crippen molar-refractivity contribution in [2.24, 2.45) is 5.73 Å². The summed E-state index contributed by atoms with van der Waals surface area (Å²) < 4.78 is 0. The number of hydrogen-bond donors (Lipinski definition) is 2. The number of amides is 1. The van der Waals surface area contributed by atoms with Crippen LogP contribution in [0, 0.1) is 0 Å². The molecule has 0 bridgehead atoms. The molecule has 6 heteroatoms. The Morgan fingerprint density at radius 3 is 3.00 bits per heavy atom. The number of nitrogens with two attached hydrogens (primary N) is 1. The van der Waals surface area contributed by atoms with Gasteiger partial charge in [-0.3, -0.25) is 4.79 Å². The Kier molecular flexibility index (Phi) is 4.30. The molecule has 1 heterocycles. The van der Waals surface area contributed by atoms with Crippen molar-refractivity contribution in [3.05, 3.63) is 17.0 Å². The number of nitrogens with one attached hydrogen (secondary N) is 1. The normalized spacial score (nSPS) is 10.0. The number of primary amides is 1. The predicted molar refractivity (Wildman–Crippen MR) is 59.0 cm³/mol. The highest BCUT2D eigenvalue weighted by atomic mass is 35.5.